The van der Waals surface area contributed by atoms with E-state index < -0.39 is 9.05 Å². The van der Waals surface area contributed by atoms with Crippen LogP contribution in [0.2, 0.25) is 0 Å². The fraction of sp³-hybridized carbons (Fsp3) is 1.00. The molecule has 0 atom stereocenters. The topological polar surface area (TPSA) is 34.1 Å². The van der Waals surface area contributed by atoms with Crippen LogP contribution in [0.4, 0.5) is 0 Å². The summed E-state index contributed by atoms with van der Waals surface area (Å²) in [6.45, 7) is 8.33. The molecule has 0 N–H and O–H groups in total. The van der Waals surface area contributed by atoms with Crippen molar-refractivity contribution in [2.75, 3.05) is 5.75 Å². The fourth-order valence-electron chi connectivity index (χ4n) is 1.95. The molecule has 0 spiro atoms. The van der Waals surface area contributed by atoms with Crippen molar-refractivity contribution in [2.24, 2.45) is 16.7 Å². The van der Waals surface area contributed by atoms with Gasteiger partial charge >= 0.3 is 0 Å². The van der Waals surface area contributed by atoms with Crippen LogP contribution in [-0.4, -0.2) is 14.2 Å². The zero-order valence-corrected chi connectivity index (χ0v) is 9.46. The van der Waals surface area contributed by atoms with Gasteiger partial charge in [0.15, 0.2) is 0 Å². The van der Waals surface area contributed by atoms with Gasteiger partial charge in [-0.1, -0.05) is 27.7 Å². The molecule has 0 aliphatic heterocycles. The molecular formula is C8H15ClO2S. The third kappa shape index (κ3) is 1.49. The smallest absolute Gasteiger partial charge is 0.212 e. The summed E-state index contributed by atoms with van der Waals surface area (Å²) in [5.41, 5.74) is 0.212. The first-order chi connectivity index (χ1) is 5.09. The van der Waals surface area contributed by atoms with Gasteiger partial charge in [-0.2, -0.15) is 0 Å². The van der Waals surface area contributed by atoms with Gasteiger partial charge in [-0.25, -0.2) is 8.42 Å². The normalized spacial score (nSPS) is 27.1. The molecule has 12 heavy (non-hydrogen) atoms. The molecule has 1 saturated carbocycles. The summed E-state index contributed by atoms with van der Waals surface area (Å²) in [4.78, 5) is 0. The number of halogens is 1. The minimum atomic E-state index is -3.33. The minimum Gasteiger partial charge on any atom is -0.212 e. The molecule has 0 unspecified atom stereocenters. The van der Waals surface area contributed by atoms with Gasteiger partial charge in [0.25, 0.3) is 0 Å². The molecule has 1 aliphatic carbocycles. The van der Waals surface area contributed by atoms with Gasteiger partial charge in [-0.05, 0) is 16.7 Å². The molecule has 0 radical (unpaired) electrons. The Kier molecular flexibility index (Phi) is 2.05. The van der Waals surface area contributed by atoms with Gasteiger partial charge in [-0.15, -0.1) is 0 Å². The average molecular weight is 211 g/mol. The van der Waals surface area contributed by atoms with Gasteiger partial charge in [0, 0.05) is 10.7 Å². The van der Waals surface area contributed by atoms with Gasteiger partial charge in [0.1, 0.15) is 0 Å². The quantitative estimate of drug-likeness (QED) is 0.656. The van der Waals surface area contributed by atoms with E-state index in [1.807, 2.05) is 0 Å². The maximum absolute atomic E-state index is 10.8. The highest BCUT2D eigenvalue weighted by atomic mass is 35.7. The molecule has 1 aliphatic rings. The molecule has 1 fully saturated rings. The Morgan fingerprint density at radius 3 is 1.58 bits per heavy atom. The molecule has 1 rings (SSSR count). The van der Waals surface area contributed by atoms with Crippen LogP contribution in [0.25, 0.3) is 0 Å². The largest absolute Gasteiger partial charge is 0.232 e. The Labute approximate surface area is 78.7 Å². The van der Waals surface area contributed by atoms with Crippen molar-refractivity contribution in [1.82, 2.24) is 0 Å². The van der Waals surface area contributed by atoms with Crippen molar-refractivity contribution in [1.29, 1.82) is 0 Å². The monoisotopic (exact) mass is 210 g/mol. The molecule has 4 heteroatoms. The predicted octanol–water partition coefficient (Wildman–Crippen LogP) is 2.24. The van der Waals surface area contributed by atoms with E-state index >= 15 is 0 Å². The fourth-order valence-corrected chi connectivity index (χ4v) is 3.56. The summed E-state index contributed by atoms with van der Waals surface area (Å²) in [5.74, 6) is 0.307. The molecule has 0 amide bonds. The van der Waals surface area contributed by atoms with Crippen LogP contribution in [-0.2, 0) is 9.05 Å². The molecule has 2 nitrogen and oxygen atoms in total. The second-order valence-electron chi connectivity index (χ2n) is 4.70. The first-order valence-electron chi connectivity index (χ1n) is 4.01. The zero-order valence-electron chi connectivity index (χ0n) is 7.89. The Balaban J connectivity index is 2.74. The molecular weight excluding hydrogens is 196 g/mol. The first-order valence-corrected chi connectivity index (χ1v) is 6.49. The lowest BCUT2D eigenvalue weighted by Gasteiger charge is -2.04. The minimum absolute atomic E-state index is 0.106. The van der Waals surface area contributed by atoms with E-state index in [4.69, 9.17) is 10.7 Å². The van der Waals surface area contributed by atoms with E-state index in [1.54, 1.807) is 0 Å². The third-order valence-corrected chi connectivity index (χ3v) is 4.79. The summed E-state index contributed by atoms with van der Waals surface area (Å²) in [5, 5.41) is 0. The van der Waals surface area contributed by atoms with Crippen molar-refractivity contribution >= 4 is 19.7 Å². The third-order valence-electron chi connectivity index (χ3n) is 3.69. The van der Waals surface area contributed by atoms with Crippen LogP contribution in [0.3, 0.4) is 0 Å². The number of rotatable bonds is 2. The Bertz CT molecular complexity index is 276. The van der Waals surface area contributed by atoms with Crippen LogP contribution in [0.5, 0.6) is 0 Å². The van der Waals surface area contributed by atoms with Crippen LogP contribution in [0.1, 0.15) is 27.7 Å². The number of hydrogen-bond acceptors (Lipinski definition) is 2. The first kappa shape index (κ1) is 10.3. The maximum Gasteiger partial charge on any atom is 0.232 e. The summed E-state index contributed by atoms with van der Waals surface area (Å²) in [6, 6.07) is 0. The van der Waals surface area contributed by atoms with E-state index in [2.05, 4.69) is 27.7 Å². The lowest BCUT2D eigenvalue weighted by Crippen LogP contribution is -2.04. The highest BCUT2D eigenvalue weighted by Gasteiger charge is 2.65. The second kappa shape index (κ2) is 2.38. The summed E-state index contributed by atoms with van der Waals surface area (Å²) in [7, 11) is 1.86. The molecule has 72 valence electrons. The van der Waals surface area contributed by atoms with Gasteiger partial charge < -0.3 is 0 Å². The molecule has 0 heterocycles. The SMILES string of the molecule is CC1(C)C(CS(=O)(=O)Cl)C1(C)C. The Morgan fingerprint density at radius 1 is 1.17 bits per heavy atom. The lowest BCUT2D eigenvalue weighted by atomic mass is 10.0. The lowest BCUT2D eigenvalue weighted by molar-refractivity contribution is 0.457. The summed E-state index contributed by atoms with van der Waals surface area (Å²) < 4.78 is 21.6. The van der Waals surface area contributed by atoms with Crippen molar-refractivity contribution in [3.8, 4) is 0 Å². The van der Waals surface area contributed by atoms with E-state index in [0.29, 0.717) is 0 Å². The second-order valence-corrected chi connectivity index (χ2v) is 7.52. The van der Waals surface area contributed by atoms with Crippen molar-refractivity contribution in [3.05, 3.63) is 0 Å². The maximum atomic E-state index is 10.8. The zero-order chi connectivity index (χ0) is 9.78. The van der Waals surface area contributed by atoms with Gasteiger partial charge in [-0.3, -0.25) is 0 Å². The molecule has 0 aromatic carbocycles. The Hall–Kier alpha value is 0.240. The number of hydrogen-bond donors (Lipinski definition) is 0. The predicted molar refractivity (Wildman–Crippen MR) is 50.7 cm³/mol. The van der Waals surface area contributed by atoms with Crippen LogP contribution in [0, 0.1) is 16.7 Å². The molecule has 0 aromatic heterocycles. The molecule has 0 saturated heterocycles. The van der Waals surface area contributed by atoms with Crippen molar-refractivity contribution in [3.63, 3.8) is 0 Å². The van der Waals surface area contributed by atoms with Crippen molar-refractivity contribution < 1.29 is 8.42 Å². The Morgan fingerprint density at radius 2 is 1.50 bits per heavy atom. The van der Waals surface area contributed by atoms with Crippen molar-refractivity contribution in [2.45, 2.75) is 27.7 Å². The highest BCUT2D eigenvalue weighted by molar-refractivity contribution is 8.13. The van der Waals surface area contributed by atoms with E-state index in [-0.39, 0.29) is 22.5 Å². The van der Waals surface area contributed by atoms with E-state index in [1.165, 1.54) is 0 Å². The van der Waals surface area contributed by atoms with Gasteiger partial charge in [0.2, 0.25) is 9.05 Å². The molecule has 0 aromatic rings. The summed E-state index contributed by atoms with van der Waals surface area (Å²) in [6.07, 6.45) is 0. The average Bonchev–Trinajstić information content (AvgIpc) is 2.09. The van der Waals surface area contributed by atoms with Crippen LogP contribution >= 0.6 is 10.7 Å². The highest BCUT2D eigenvalue weighted by Crippen LogP contribution is 2.68. The molecule has 0 bridgehead atoms. The van der Waals surface area contributed by atoms with Crippen LogP contribution in [0.15, 0.2) is 0 Å². The standard InChI is InChI=1S/C8H15ClO2S/c1-7(2)6(8(7,3)4)5-12(9,10)11/h6H,5H2,1-4H3. The van der Waals surface area contributed by atoms with E-state index in [9.17, 15) is 8.42 Å². The van der Waals surface area contributed by atoms with Crippen LogP contribution < -0.4 is 0 Å². The summed E-state index contributed by atoms with van der Waals surface area (Å²) >= 11 is 0. The van der Waals surface area contributed by atoms with E-state index in [0.717, 1.165) is 0 Å². The van der Waals surface area contributed by atoms with Gasteiger partial charge in [0.05, 0.1) is 5.75 Å².